The van der Waals surface area contributed by atoms with Gasteiger partial charge in [0, 0.05) is 68.3 Å². The molecule has 4 aromatic heterocycles. The van der Waals surface area contributed by atoms with Gasteiger partial charge in [0.05, 0.1) is 5.58 Å². The molecule has 1 radical (unpaired) electrons. The number of rotatable bonds is 6. The van der Waals surface area contributed by atoms with Crippen LogP contribution in [0.2, 0.25) is 0 Å². The summed E-state index contributed by atoms with van der Waals surface area (Å²) in [6.45, 7) is -7.39. The molecule has 0 atom stereocenters. The Hall–Kier alpha value is -5.22. The van der Waals surface area contributed by atoms with Crippen molar-refractivity contribution in [2.24, 2.45) is 5.41 Å². The van der Waals surface area contributed by atoms with Crippen LogP contribution in [0.25, 0.3) is 66.8 Å². The molecule has 1 aliphatic rings. The summed E-state index contributed by atoms with van der Waals surface area (Å²) in [5.74, 6) is -0.731. The maximum atomic E-state index is 8.88. The number of pyridine rings is 3. The molecule has 0 amide bonds. The average molecular weight is 970 g/mol. The van der Waals surface area contributed by atoms with Gasteiger partial charge in [-0.1, -0.05) is 106 Å². The van der Waals surface area contributed by atoms with Gasteiger partial charge in [-0.3, -0.25) is 0 Å². The van der Waals surface area contributed by atoms with Crippen molar-refractivity contribution in [2.75, 3.05) is 0 Å². The fourth-order valence-electron chi connectivity index (χ4n) is 7.31. The van der Waals surface area contributed by atoms with E-state index in [0.29, 0.717) is 33.2 Å². The van der Waals surface area contributed by atoms with E-state index in [9.17, 15) is 0 Å². The van der Waals surface area contributed by atoms with Crippen LogP contribution < -0.4 is 0 Å². The van der Waals surface area contributed by atoms with Crippen LogP contribution in [0.4, 0.5) is 0 Å². The molecule has 0 bridgehead atoms. The zero-order valence-electron chi connectivity index (χ0n) is 50.8. The summed E-state index contributed by atoms with van der Waals surface area (Å²) in [5.41, 5.74) is 2.62. The Bertz CT molecular complexity index is 3420. The minimum atomic E-state index is -2.81. The van der Waals surface area contributed by atoms with Crippen LogP contribution in [0.1, 0.15) is 116 Å². The second-order valence-electron chi connectivity index (χ2n) is 15.5. The molecule has 301 valence electrons. The molecule has 0 aliphatic heterocycles. The Kier molecular flexibility index (Phi) is 7.37. The Morgan fingerprint density at radius 1 is 0.746 bits per heavy atom. The summed E-state index contributed by atoms with van der Waals surface area (Å²) in [4.78, 5) is 12.9. The first-order valence-electron chi connectivity index (χ1n) is 28.1. The predicted molar refractivity (Wildman–Crippen MR) is 241 cm³/mol. The first-order valence-corrected chi connectivity index (χ1v) is 19.1. The van der Waals surface area contributed by atoms with Gasteiger partial charge in [-0.2, -0.15) is 0 Å². The second-order valence-corrected chi connectivity index (χ2v) is 15.5. The molecule has 0 spiro atoms. The van der Waals surface area contributed by atoms with E-state index in [1.165, 1.54) is 36.5 Å². The molecule has 59 heavy (non-hydrogen) atoms. The Morgan fingerprint density at radius 3 is 2.20 bits per heavy atom. The van der Waals surface area contributed by atoms with Crippen molar-refractivity contribution in [3.63, 3.8) is 0 Å². The van der Waals surface area contributed by atoms with Gasteiger partial charge in [-0.25, -0.2) is 4.98 Å². The first-order chi connectivity index (χ1) is 35.1. The number of hydrogen-bond donors (Lipinski definition) is 0. The van der Waals surface area contributed by atoms with Gasteiger partial charge in [0.25, 0.3) is 0 Å². The normalized spacial score (nSPS) is 19.4. The SMILES string of the molecule is [2H]C([2H])([2H])c1c[c-]c(-c2ccc(C([2H])([2H])C(C)(C)C)cn2)cc1.[2H]C([2H])([2H])c1ccc2c(n1)oc1c(-c3cc(-c4cc(C([2H])([2H])[2H])c(-c5ccc(C6([2H])CCCC6)cc5)cc4C([2H])([2H])[2H])c(C([2H])([2H])[2H])cn3)[c-]ccc12.[Ir]. The van der Waals surface area contributed by atoms with Crippen LogP contribution in [0.15, 0.2) is 114 Å². The van der Waals surface area contributed by atoms with E-state index < -0.39 is 51.9 Å². The number of benzene rings is 4. The minimum Gasteiger partial charge on any atom is -0.486 e. The maximum absolute atomic E-state index is 8.88. The molecule has 4 heterocycles. The number of fused-ring (bicyclic) bond motifs is 3. The molecular weight excluding hydrogens is 899 g/mol. The minimum absolute atomic E-state index is 0. The van der Waals surface area contributed by atoms with E-state index in [0.717, 1.165) is 37.4 Å². The number of aromatic nitrogens is 3. The van der Waals surface area contributed by atoms with Crippen LogP contribution in [0.5, 0.6) is 0 Å². The van der Waals surface area contributed by atoms with Gasteiger partial charge in [0.1, 0.15) is 0 Å². The summed E-state index contributed by atoms with van der Waals surface area (Å²) >= 11 is 0. The Balaban J connectivity index is 0.000000301. The molecule has 1 aliphatic carbocycles. The fraction of sp³-hybridized carbons (Fsp3) is 0.278. The van der Waals surface area contributed by atoms with Crippen LogP contribution in [0.3, 0.4) is 0 Å². The van der Waals surface area contributed by atoms with Crippen LogP contribution in [-0.4, -0.2) is 15.0 Å². The standard InChI is InChI=1S/C37H33N2O.C17H20N.Ir/c1-22-19-33(23(2)18-32(22)28-15-13-27(14-16-28)26-8-5-6-9-26)34-20-35(38-21-24(34)3)31-11-7-10-29-30-17-12-25(4)39-37(30)40-36(29)31;1-13-5-8-15(9-6-13)16-10-7-14(12-18-16)11-17(2,3)4;/h7,10,12-21,26H,5-6,8-9H2,1-4H3;5-8,10,12H,11H2,1-4H3;/q2*-1;/i1D3,2D3,3D3,4D3,26D;1D3,11D2;. The van der Waals surface area contributed by atoms with Gasteiger partial charge in [-0.05, 0) is 132 Å². The zero-order chi connectivity index (χ0) is 55.8. The fourth-order valence-corrected chi connectivity index (χ4v) is 7.31. The van der Waals surface area contributed by atoms with Crippen molar-refractivity contribution in [1.29, 1.82) is 0 Å². The molecule has 4 aromatic carbocycles. The average Bonchev–Trinajstić information content (AvgIpc) is 3.96. The van der Waals surface area contributed by atoms with Crippen molar-refractivity contribution in [3.05, 3.63) is 161 Å². The van der Waals surface area contributed by atoms with Crippen molar-refractivity contribution in [2.45, 2.75) is 93.0 Å². The smallest absolute Gasteiger partial charge is 0.216 e. The van der Waals surface area contributed by atoms with Gasteiger partial charge in [0.2, 0.25) is 5.71 Å². The van der Waals surface area contributed by atoms with E-state index in [-0.39, 0.29) is 87.3 Å². The first kappa shape index (κ1) is 24.8. The molecule has 5 heteroatoms. The van der Waals surface area contributed by atoms with E-state index in [1.54, 1.807) is 66.7 Å². The van der Waals surface area contributed by atoms with Crippen LogP contribution in [0, 0.1) is 51.8 Å². The van der Waals surface area contributed by atoms with Gasteiger partial charge >= 0.3 is 0 Å². The third kappa shape index (κ3) is 9.33. The van der Waals surface area contributed by atoms with E-state index in [4.69, 9.17) is 29.1 Å². The van der Waals surface area contributed by atoms with E-state index >= 15 is 0 Å². The molecule has 1 saturated carbocycles. The molecule has 9 rings (SSSR count). The van der Waals surface area contributed by atoms with Gasteiger partial charge < -0.3 is 14.4 Å². The molecule has 0 saturated heterocycles. The summed E-state index contributed by atoms with van der Waals surface area (Å²) < 4.78 is 153. The summed E-state index contributed by atoms with van der Waals surface area (Å²) in [6.07, 6.45) is 4.49. The maximum Gasteiger partial charge on any atom is 0.216 e. The Labute approximate surface area is 389 Å². The monoisotopic (exact) mass is 970 g/mol. The molecular formula is C54H53IrN3O-2. The number of aryl methyl sites for hydroxylation is 5. The zero-order valence-corrected chi connectivity index (χ0v) is 35.2. The van der Waals surface area contributed by atoms with Gasteiger partial charge in [0.15, 0.2) is 0 Å². The summed E-state index contributed by atoms with van der Waals surface area (Å²) in [5, 5.41) is 1.09. The van der Waals surface area contributed by atoms with Crippen molar-refractivity contribution in [1.82, 2.24) is 15.0 Å². The van der Waals surface area contributed by atoms with E-state index in [1.807, 2.05) is 20.8 Å². The predicted octanol–water partition coefficient (Wildman–Crippen LogP) is 14.5. The summed E-state index contributed by atoms with van der Waals surface area (Å²) in [7, 11) is 0. The Morgan fingerprint density at radius 2 is 1.51 bits per heavy atom. The van der Waals surface area contributed by atoms with E-state index in [2.05, 4.69) is 27.1 Å². The molecule has 0 unspecified atom stereocenters. The largest absolute Gasteiger partial charge is 0.486 e. The molecule has 1 fully saturated rings. The summed E-state index contributed by atoms with van der Waals surface area (Å²) in [6, 6.07) is 31.3. The van der Waals surface area contributed by atoms with Crippen LogP contribution in [-0.2, 0) is 26.5 Å². The number of hydrogen-bond acceptors (Lipinski definition) is 4. The quantitative estimate of drug-likeness (QED) is 0.156. The van der Waals surface area contributed by atoms with Crippen LogP contribution >= 0.6 is 0 Å². The number of furan rings is 1. The van der Waals surface area contributed by atoms with Crippen molar-refractivity contribution >= 4 is 22.1 Å². The number of nitrogens with zero attached hydrogens (tertiary/aromatic N) is 3. The molecule has 4 nitrogen and oxygen atoms in total. The topological polar surface area (TPSA) is 51.8 Å². The van der Waals surface area contributed by atoms with Gasteiger partial charge in [-0.15, -0.1) is 53.6 Å². The van der Waals surface area contributed by atoms with Crippen molar-refractivity contribution < 1.29 is 49.2 Å². The third-order valence-electron chi connectivity index (χ3n) is 10.1. The third-order valence-corrected chi connectivity index (χ3v) is 10.1. The van der Waals surface area contributed by atoms with Crippen molar-refractivity contribution in [3.8, 4) is 44.8 Å². The molecule has 0 N–H and O–H groups in total. The second kappa shape index (κ2) is 17.6. The molecule has 8 aromatic rings.